The Kier molecular flexibility index (Phi) is 8.53. The summed E-state index contributed by atoms with van der Waals surface area (Å²) in [4.78, 5) is 12.0. The van der Waals surface area contributed by atoms with E-state index in [4.69, 9.17) is 32.7 Å². The highest BCUT2D eigenvalue weighted by Crippen LogP contribution is 2.20. The summed E-state index contributed by atoms with van der Waals surface area (Å²) < 4.78 is 36.7. The van der Waals surface area contributed by atoms with Gasteiger partial charge in [-0.25, -0.2) is 13.1 Å². The fourth-order valence-electron chi connectivity index (χ4n) is 2.14. The molecule has 0 atom stereocenters. The molecule has 2 aromatic carbocycles. The maximum atomic E-state index is 12.1. The zero-order valence-electron chi connectivity index (χ0n) is 15.1. The molecule has 0 aliphatic rings. The quantitative estimate of drug-likeness (QED) is 0.547. The van der Waals surface area contributed by atoms with Crippen LogP contribution in [0.25, 0.3) is 0 Å². The Morgan fingerprint density at radius 2 is 1.82 bits per heavy atom. The van der Waals surface area contributed by atoms with Crippen LogP contribution in [0, 0.1) is 0 Å². The molecule has 0 aliphatic heterocycles. The summed E-state index contributed by atoms with van der Waals surface area (Å²) in [7, 11) is -2.13. The Balaban J connectivity index is 1.83. The molecule has 0 unspecified atom stereocenters. The van der Waals surface area contributed by atoms with Crippen molar-refractivity contribution in [3.63, 3.8) is 0 Å². The molecule has 152 valence electrons. The van der Waals surface area contributed by atoms with Crippen LogP contribution < -0.4 is 14.8 Å². The van der Waals surface area contributed by atoms with Crippen LogP contribution in [0.3, 0.4) is 0 Å². The fraction of sp³-hybridized carbons (Fsp3) is 0.278. The molecule has 7 nitrogen and oxygen atoms in total. The average Bonchev–Trinajstić information content (AvgIpc) is 2.66. The van der Waals surface area contributed by atoms with E-state index < -0.39 is 10.0 Å². The van der Waals surface area contributed by atoms with Gasteiger partial charge >= 0.3 is 0 Å². The first kappa shape index (κ1) is 22.4. The van der Waals surface area contributed by atoms with Crippen LogP contribution in [0.1, 0.15) is 5.56 Å². The summed E-state index contributed by atoms with van der Waals surface area (Å²) in [6, 6.07) is 10.8. The molecule has 0 radical (unpaired) electrons. The first-order valence-corrected chi connectivity index (χ1v) is 10.5. The van der Waals surface area contributed by atoms with Crippen LogP contribution in [-0.2, 0) is 26.1 Å². The maximum absolute atomic E-state index is 12.1. The molecule has 0 saturated carbocycles. The van der Waals surface area contributed by atoms with E-state index in [0.29, 0.717) is 15.8 Å². The first-order chi connectivity index (χ1) is 13.3. The number of benzene rings is 2. The Bertz CT molecular complexity index is 905. The molecule has 10 heteroatoms. The zero-order valence-corrected chi connectivity index (χ0v) is 17.4. The molecule has 0 aromatic heterocycles. The molecule has 28 heavy (non-hydrogen) atoms. The Morgan fingerprint density at radius 1 is 1.11 bits per heavy atom. The molecule has 0 aliphatic carbocycles. The predicted molar refractivity (Wildman–Crippen MR) is 107 cm³/mol. The van der Waals surface area contributed by atoms with Crippen molar-refractivity contribution in [3.05, 3.63) is 58.1 Å². The first-order valence-electron chi connectivity index (χ1n) is 8.24. The second-order valence-corrected chi connectivity index (χ2v) is 8.27. The van der Waals surface area contributed by atoms with Crippen LogP contribution in [0.4, 0.5) is 0 Å². The van der Waals surface area contributed by atoms with E-state index in [-0.39, 0.29) is 37.1 Å². The Morgan fingerprint density at radius 3 is 2.46 bits per heavy atom. The van der Waals surface area contributed by atoms with Crippen LogP contribution in [0.15, 0.2) is 47.4 Å². The molecule has 2 rings (SSSR count). The second kappa shape index (κ2) is 10.6. The van der Waals surface area contributed by atoms with E-state index in [0.717, 1.165) is 5.56 Å². The molecular weight excluding hydrogens is 427 g/mol. The van der Waals surface area contributed by atoms with Crippen LogP contribution >= 0.6 is 23.2 Å². The molecular formula is C18H20Cl2N2O5S. The number of sulfonamides is 1. The molecule has 0 fully saturated rings. The highest BCUT2D eigenvalue weighted by Gasteiger charge is 2.13. The number of carbonyl (C=O) groups excluding carboxylic acids is 1. The Hall–Kier alpha value is -1.84. The third-order valence-electron chi connectivity index (χ3n) is 3.59. The minimum atomic E-state index is -3.61. The van der Waals surface area contributed by atoms with Crippen molar-refractivity contribution in [2.75, 3.05) is 26.9 Å². The zero-order chi connectivity index (χ0) is 20.6. The van der Waals surface area contributed by atoms with Gasteiger partial charge in [-0.2, -0.15) is 0 Å². The number of nitrogens with one attached hydrogen (secondary N) is 2. The summed E-state index contributed by atoms with van der Waals surface area (Å²) in [5.74, 6) is 0.0273. The number of methoxy groups -OCH3 is 1. The molecule has 2 aromatic rings. The molecule has 0 spiro atoms. The Labute approximate surface area is 174 Å². The van der Waals surface area contributed by atoms with Crippen LogP contribution in [-0.4, -0.2) is 41.2 Å². The van der Waals surface area contributed by atoms with E-state index in [1.165, 1.54) is 31.4 Å². The molecule has 1 amide bonds. The van der Waals surface area contributed by atoms with E-state index in [1.807, 2.05) is 0 Å². The van der Waals surface area contributed by atoms with Gasteiger partial charge in [-0.05, 0) is 42.0 Å². The summed E-state index contributed by atoms with van der Waals surface area (Å²) in [6.07, 6.45) is 0. The molecule has 0 saturated heterocycles. The van der Waals surface area contributed by atoms with Gasteiger partial charge in [0.1, 0.15) is 5.75 Å². The second-order valence-electron chi connectivity index (χ2n) is 5.66. The lowest BCUT2D eigenvalue weighted by atomic mass is 10.2. The van der Waals surface area contributed by atoms with E-state index in [9.17, 15) is 13.2 Å². The van der Waals surface area contributed by atoms with E-state index in [1.54, 1.807) is 18.2 Å². The minimum absolute atomic E-state index is 0.0952. The lowest BCUT2D eigenvalue weighted by molar-refractivity contribution is -0.123. The van der Waals surface area contributed by atoms with Crippen molar-refractivity contribution >= 4 is 39.1 Å². The summed E-state index contributed by atoms with van der Waals surface area (Å²) in [5.41, 5.74) is 0.731. The van der Waals surface area contributed by atoms with Crippen LogP contribution in [0.2, 0.25) is 10.0 Å². The summed E-state index contributed by atoms with van der Waals surface area (Å²) in [5, 5.41) is 3.66. The topological polar surface area (TPSA) is 93.7 Å². The van der Waals surface area contributed by atoms with Gasteiger partial charge in [-0.3, -0.25) is 4.79 Å². The van der Waals surface area contributed by atoms with Crippen molar-refractivity contribution in [2.45, 2.75) is 11.4 Å². The molecule has 0 bridgehead atoms. The smallest absolute Gasteiger partial charge is 0.258 e. The maximum Gasteiger partial charge on any atom is 0.258 e. The molecule has 0 heterocycles. The summed E-state index contributed by atoms with van der Waals surface area (Å²) >= 11 is 11.9. The average molecular weight is 447 g/mol. The lowest BCUT2D eigenvalue weighted by Crippen LogP contribution is -2.28. The summed E-state index contributed by atoms with van der Waals surface area (Å²) in [6.45, 7) is 0.470. The SMILES string of the molecule is COCCNS(=O)(=O)c1ccc(OCC(=O)NCc2ccc(Cl)cc2Cl)cc1. The third-order valence-corrected chi connectivity index (χ3v) is 5.66. The van der Waals surface area contributed by atoms with Crippen molar-refractivity contribution in [3.8, 4) is 5.75 Å². The third kappa shape index (κ3) is 6.96. The van der Waals surface area contributed by atoms with Gasteiger partial charge in [0.05, 0.1) is 11.5 Å². The van der Waals surface area contributed by atoms with Gasteiger partial charge in [0.15, 0.2) is 6.61 Å². The predicted octanol–water partition coefficient (Wildman–Crippen LogP) is 2.61. The van der Waals surface area contributed by atoms with E-state index >= 15 is 0 Å². The monoisotopic (exact) mass is 446 g/mol. The number of hydrogen-bond donors (Lipinski definition) is 2. The van der Waals surface area contributed by atoms with Crippen molar-refractivity contribution in [2.24, 2.45) is 0 Å². The minimum Gasteiger partial charge on any atom is -0.484 e. The normalized spacial score (nSPS) is 11.2. The van der Waals surface area contributed by atoms with Gasteiger partial charge in [0.2, 0.25) is 10.0 Å². The van der Waals surface area contributed by atoms with Gasteiger partial charge in [-0.1, -0.05) is 29.3 Å². The van der Waals surface area contributed by atoms with E-state index in [2.05, 4.69) is 10.0 Å². The fourth-order valence-corrected chi connectivity index (χ4v) is 3.62. The lowest BCUT2D eigenvalue weighted by Gasteiger charge is -2.10. The van der Waals surface area contributed by atoms with Crippen LogP contribution in [0.5, 0.6) is 5.75 Å². The van der Waals surface area contributed by atoms with Gasteiger partial charge in [0, 0.05) is 30.2 Å². The number of rotatable bonds is 10. The van der Waals surface area contributed by atoms with Gasteiger partial charge in [0.25, 0.3) is 5.91 Å². The molecule has 2 N–H and O–H groups in total. The number of ether oxygens (including phenoxy) is 2. The number of halogens is 2. The highest BCUT2D eigenvalue weighted by molar-refractivity contribution is 7.89. The number of hydrogen-bond acceptors (Lipinski definition) is 5. The van der Waals surface area contributed by atoms with Gasteiger partial charge < -0.3 is 14.8 Å². The van der Waals surface area contributed by atoms with Crippen molar-refractivity contribution < 1.29 is 22.7 Å². The standard InChI is InChI=1S/C18H20Cl2N2O5S/c1-26-9-8-22-28(24,25)16-6-4-15(5-7-16)27-12-18(23)21-11-13-2-3-14(19)10-17(13)20/h2-7,10,22H,8-9,11-12H2,1H3,(H,21,23). The van der Waals surface area contributed by atoms with Gasteiger partial charge in [-0.15, -0.1) is 0 Å². The largest absolute Gasteiger partial charge is 0.484 e. The van der Waals surface area contributed by atoms with Crippen molar-refractivity contribution in [1.82, 2.24) is 10.0 Å². The number of amides is 1. The number of carbonyl (C=O) groups is 1. The highest BCUT2D eigenvalue weighted by atomic mass is 35.5. The van der Waals surface area contributed by atoms with Crippen molar-refractivity contribution in [1.29, 1.82) is 0 Å².